The van der Waals surface area contributed by atoms with Gasteiger partial charge in [0.15, 0.2) is 0 Å². The van der Waals surface area contributed by atoms with Crippen LogP contribution in [0.4, 0.5) is 0 Å². The van der Waals surface area contributed by atoms with Gasteiger partial charge in [-0.05, 0) is 36.4 Å². The van der Waals surface area contributed by atoms with Crippen molar-refractivity contribution in [1.29, 1.82) is 0 Å². The van der Waals surface area contributed by atoms with Crippen molar-refractivity contribution in [3.8, 4) is 0 Å². The number of nitrogens with two attached hydrogens (primary N) is 1. The minimum atomic E-state index is 0.396. The molecule has 1 aromatic rings. The van der Waals surface area contributed by atoms with Crippen LogP contribution in [0.2, 0.25) is 5.02 Å². The molecule has 0 atom stereocenters. The second-order valence-electron chi connectivity index (χ2n) is 6.15. The van der Waals surface area contributed by atoms with E-state index in [1.54, 1.807) is 0 Å². The molecule has 1 aliphatic rings. The van der Waals surface area contributed by atoms with Crippen molar-refractivity contribution in [2.24, 2.45) is 11.1 Å². The number of halogens is 1. The molecule has 0 unspecified atom stereocenters. The normalized spacial score (nSPS) is 19.3. The summed E-state index contributed by atoms with van der Waals surface area (Å²) in [5.74, 6) is 0. The van der Waals surface area contributed by atoms with Gasteiger partial charge in [-0.3, -0.25) is 4.90 Å². The summed E-state index contributed by atoms with van der Waals surface area (Å²) in [5, 5.41) is 0.758. The standard InChI is InChI=1S/C15H21ClN2S/c1-15(2)6-3-7-18(10-15)9-12-5-4-11(14(17)19)8-13(12)16/h4-5,8H,3,6-7,9-10H2,1-2H3,(H2,17,19). The Kier molecular flexibility index (Phi) is 4.49. The van der Waals surface area contributed by atoms with E-state index in [-0.39, 0.29) is 0 Å². The smallest absolute Gasteiger partial charge is 0.104 e. The van der Waals surface area contributed by atoms with Crippen LogP contribution < -0.4 is 5.73 Å². The summed E-state index contributed by atoms with van der Waals surface area (Å²) in [4.78, 5) is 2.87. The van der Waals surface area contributed by atoms with Gasteiger partial charge < -0.3 is 5.73 Å². The van der Waals surface area contributed by atoms with E-state index in [2.05, 4.69) is 18.7 Å². The highest BCUT2D eigenvalue weighted by molar-refractivity contribution is 7.80. The molecule has 0 radical (unpaired) electrons. The summed E-state index contributed by atoms with van der Waals surface area (Å²) in [5.41, 5.74) is 8.01. The Morgan fingerprint density at radius 1 is 1.47 bits per heavy atom. The van der Waals surface area contributed by atoms with Crippen LogP contribution in [0.25, 0.3) is 0 Å². The Bertz CT molecular complexity index is 485. The summed E-state index contributed by atoms with van der Waals surface area (Å²) in [6.45, 7) is 7.84. The van der Waals surface area contributed by atoms with Gasteiger partial charge >= 0.3 is 0 Å². The van der Waals surface area contributed by atoms with E-state index < -0.39 is 0 Å². The zero-order valence-corrected chi connectivity index (χ0v) is 13.2. The highest BCUT2D eigenvalue weighted by Gasteiger charge is 2.26. The van der Waals surface area contributed by atoms with Crippen molar-refractivity contribution in [2.45, 2.75) is 33.2 Å². The maximum atomic E-state index is 6.32. The zero-order chi connectivity index (χ0) is 14.0. The topological polar surface area (TPSA) is 29.3 Å². The molecule has 0 aliphatic carbocycles. The van der Waals surface area contributed by atoms with Crippen molar-refractivity contribution in [3.05, 3.63) is 34.3 Å². The van der Waals surface area contributed by atoms with Crippen LogP contribution in [0.5, 0.6) is 0 Å². The van der Waals surface area contributed by atoms with E-state index in [0.29, 0.717) is 10.4 Å². The fourth-order valence-electron chi connectivity index (χ4n) is 2.75. The third kappa shape index (κ3) is 3.91. The lowest BCUT2D eigenvalue weighted by atomic mass is 9.84. The van der Waals surface area contributed by atoms with Crippen molar-refractivity contribution in [1.82, 2.24) is 4.90 Å². The summed E-state index contributed by atoms with van der Waals surface area (Å²) in [6, 6.07) is 5.87. The third-order valence-electron chi connectivity index (χ3n) is 3.71. The Morgan fingerprint density at radius 3 is 2.79 bits per heavy atom. The van der Waals surface area contributed by atoms with Crippen molar-refractivity contribution >= 4 is 28.8 Å². The lowest BCUT2D eigenvalue weighted by molar-refractivity contribution is 0.112. The van der Waals surface area contributed by atoms with E-state index in [4.69, 9.17) is 29.6 Å². The predicted octanol–water partition coefficient (Wildman–Crippen LogP) is 3.60. The molecule has 4 heteroatoms. The quantitative estimate of drug-likeness (QED) is 0.864. The number of benzene rings is 1. The molecule has 1 saturated heterocycles. The molecule has 0 aromatic heterocycles. The molecular weight excluding hydrogens is 276 g/mol. The van der Waals surface area contributed by atoms with Gasteiger partial charge in [-0.15, -0.1) is 0 Å². The van der Waals surface area contributed by atoms with E-state index in [1.165, 1.54) is 12.8 Å². The maximum Gasteiger partial charge on any atom is 0.104 e. The molecule has 0 spiro atoms. The van der Waals surface area contributed by atoms with Crippen LogP contribution >= 0.6 is 23.8 Å². The van der Waals surface area contributed by atoms with E-state index in [1.807, 2.05) is 18.2 Å². The number of rotatable bonds is 3. The second-order valence-corrected chi connectivity index (χ2v) is 7.00. The fourth-order valence-corrected chi connectivity index (χ4v) is 3.12. The van der Waals surface area contributed by atoms with Gasteiger partial charge in [0.1, 0.15) is 4.99 Å². The van der Waals surface area contributed by atoms with Crippen molar-refractivity contribution < 1.29 is 0 Å². The molecule has 2 N–H and O–H groups in total. The van der Waals surface area contributed by atoms with E-state index in [0.717, 1.165) is 35.8 Å². The van der Waals surface area contributed by atoms with Crippen LogP contribution in [0.3, 0.4) is 0 Å². The molecular formula is C15H21ClN2S. The Morgan fingerprint density at radius 2 is 2.21 bits per heavy atom. The van der Waals surface area contributed by atoms with Crippen molar-refractivity contribution in [3.63, 3.8) is 0 Å². The molecule has 104 valence electrons. The van der Waals surface area contributed by atoms with Gasteiger partial charge in [0.25, 0.3) is 0 Å². The first-order chi connectivity index (χ1) is 8.87. The number of thiocarbonyl (C=S) groups is 1. The van der Waals surface area contributed by atoms with Gasteiger partial charge in [0, 0.05) is 23.7 Å². The molecule has 0 amide bonds. The number of piperidine rings is 1. The van der Waals surface area contributed by atoms with Gasteiger partial charge in [0.2, 0.25) is 0 Å². The minimum Gasteiger partial charge on any atom is -0.389 e. The van der Waals surface area contributed by atoms with E-state index >= 15 is 0 Å². The van der Waals surface area contributed by atoms with E-state index in [9.17, 15) is 0 Å². The zero-order valence-electron chi connectivity index (χ0n) is 11.6. The van der Waals surface area contributed by atoms with Crippen LogP contribution in [-0.2, 0) is 6.54 Å². The van der Waals surface area contributed by atoms with Crippen LogP contribution in [0, 0.1) is 5.41 Å². The lowest BCUT2D eigenvalue weighted by Gasteiger charge is -2.38. The molecule has 0 saturated carbocycles. The Labute approximate surface area is 125 Å². The average molecular weight is 297 g/mol. The molecule has 1 fully saturated rings. The molecule has 1 heterocycles. The molecule has 2 rings (SSSR count). The second kappa shape index (κ2) is 5.78. The van der Waals surface area contributed by atoms with Crippen LogP contribution in [0.15, 0.2) is 18.2 Å². The first-order valence-electron chi connectivity index (χ1n) is 6.68. The Hall–Kier alpha value is -0.640. The first kappa shape index (κ1) is 14.8. The van der Waals surface area contributed by atoms with Gasteiger partial charge in [-0.1, -0.05) is 49.8 Å². The fraction of sp³-hybridized carbons (Fsp3) is 0.533. The molecule has 2 nitrogen and oxygen atoms in total. The molecule has 19 heavy (non-hydrogen) atoms. The Balaban J connectivity index is 2.09. The molecule has 1 aliphatic heterocycles. The molecule has 0 bridgehead atoms. The number of likely N-dealkylation sites (tertiary alicyclic amines) is 1. The largest absolute Gasteiger partial charge is 0.389 e. The van der Waals surface area contributed by atoms with Gasteiger partial charge in [-0.25, -0.2) is 0 Å². The number of nitrogens with zero attached hydrogens (tertiary/aromatic N) is 1. The summed E-state index contributed by atoms with van der Waals surface area (Å²) >= 11 is 11.3. The summed E-state index contributed by atoms with van der Waals surface area (Å²) < 4.78 is 0. The van der Waals surface area contributed by atoms with Gasteiger partial charge in [0.05, 0.1) is 0 Å². The minimum absolute atomic E-state index is 0.396. The maximum absolute atomic E-state index is 6.32. The van der Waals surface area contributed by atoms with Crippen LogP contribution in [-0.4, -0.2) is 23.0 Å². The monoisotopic (exact) mass is 296 g/mol. The van der Waals surface area contributed by atoms with Gasteiger partial charge in [-0.2, -0.15) is 0 Å². The predicted molar refractivity (Wildman–Crippen MR) is 85.6 cm³/mol. The lowest BCUT2D eigenvalue weighted by Crippen LogP contribution is -2.39. The summed E-state index contributed by atoms with van der Waals surface area (Å²) in [6.07, 6.45) is 2.56. The third-order valence-corrected chi connectivity index (χ3v) is 4.30. The number of hydrogen-bond acceptors (Lipinski definition) is 2. The first-order valence-corrected chi connectivity index (χ1v) is 7.47. The highest BCUT2D eigenvalue weighted by atomic mass is 35.5. The molecule has 1 aromatic carbocycles. The number of hydrogen-bond donors (Lipinski definition) is 1. The van der Waals surface area contributed by atoms with Crippen LogP contribution in [0.1, 0.15) is 37.8 Å². The SMILES string of the molecule is CC1(C)CCCN(Cc2ccc(C(N)=S)cc2Cl)C1. The summed E-state index contributed by atoms with van der Waals surface area (Å²) in [7, 11) is 0. The van der Waals surface area contributed by atoms with Crippen molar-refractivity contribution in [2.75, 3.05) is 13.1 Å². The average Bonchev–Trinajstić information content (AvgIpc) is 2.30. The highest BCUT2D eigenvalue weighted by Crippen LogP contribution is 2.30.